The number of hydrogen-bond donors (Lipinski definition) is 2. The Balaban J connectivity index is 1.37. The van der Waals surface area contributed by atoms with E-state index in [1.54, 1.807) is 13.2 Å². The number of ether oxygens (including phenoxy) is 1. The summed E-state index contributed by atoms with van der Waals surface area (Å²) in [4.78, 5) is 16.8. The van der Waals surface area contributed by atoms with Crippen molar-refractivity contribution in [3.8, 4) is 17.0 Å². The number of rotatable bonds is 4. The summed E-state index contributed by atoms with van der Waals surface area (Å²) in [5.74, 6) is 0.869. The molecule has 0 radical (unpaired) electrons. The zero-order valence-corrected chi connectivity index (χ0v) is 17.9. The van der Waals surface area contributed by atoms with Crippen LogP contribution < -0.4 is 25.8 Å². The Kier molecular flexibility index (Phi) is 5.15. The molecule has 1 fully saturated rings. The van der Waals surface area contributed by atoms with E-state index in [0.29, 0.717) is 11.1 Å². The summed E-state index contributed by atoms with van der Waals surface area (Å²) in [5.41, 5.74) is 10.8. The second kappa shape index (κ2) is 8.26. The summed E-state index contributed by atoms with van der Waals surface area (Å²) in [6, 6.07) is 21.7. The van der Waals surface area contributed by atoms with Crippen molar-refractivity contribution in [1.29, 1.82) is 0 Å². The van der Waals surface area contributed by atoms with Gasteiger partial charge in [-0.3, -0.25) is 4.79 Å². The van der Waals surface area contributed by atoms with Gasteiger partial charge in [0.15, 0.2) is 0 Å². The van der Waals surface area contributed by atoms with Crippen LogP contribution in [0.4, 0.5) is 17.1 Å². The van der Waals surface area contributed by atoms with Gasteiger partial charge >= 0.3 is 0 Å². The van der Waals surface area contributed by atoms with E-state index in [4.69, 9.17) is 10.5 Å². The first kappa shape index (κ1) is 19.9. The van der Waals surface area contributed by atoms with Crippen LogP contribution in [0.5, 0.6) is 5.75 Å². The summed E-state index contributed by atoms with van der Waals surface area (Å²) in [6.07, 6.45) is 0. The van der Waals surface area contributed by atoms with E-state index < -0.39 is 0 Å². The number of nitrogens with zero attached hydrogens (tertiary/aromatic N) is 3. The quantitative estimate of drug-likeness (QED) is 0.485. The molecule has 3 aromatic carbocycles. The van der Waals surface area contributed by atoms with E-state index in [1.165, 1.54) is 5.69 Å². The average Bonchev–Trinajstić information content (AvgIpc) is 2.85. The smallest absolute Gasteiger partial charge is 0.272 e. The van der Waals surface area contributed by atoms with Gasteiger partial charge in [0, 0.05) is 48.9 Å². The van der Waals surface area contributed by atoms with Crippen molar-refractivity contribution in [1.82, 2.24) is 10.2 Å². The highest BCUT2D eigenvalue weighted by Gasteiger charge is 2.20. The fourth-order valence-electron chi connectivity index (χ4n) is 4.34. The zero-order valence-electron chi connectivity index (χ0n) is 17.9. The van der Waals surface area contributed by atoms with Crippen molar-refractivity contribution >= 4 is 27.8 Å². The molecule has 162 valence electrons. The molecule has 0 bridgehead atoms. The highest BCUT2D eigenvalue weighted by Crippen LogP contribution is 2.32. The number of H-pyrrole nitrogens is 1. The predicted molar refractivity (Wildman–Crippen MR) is 130 cm³/mol. The SMILES string of the molecule is COc1cccc(N2CCN(c3ccc(-c4n[nH]c(=O)c5ccccc45)cc3N)CC2)c1. The Morgan fingerprint density at radius 1 is 0.906 bits per heavy atom. The molecule has 0 amide bonds. The van der Waals surface area contributed by atoms with E-state index in [1.807, 2.05) is 48.5 Å². The van der Waals surface area contributed by atoms with Crippen LogP contribution >= 0.6 is 0 Å². The first-order chi connectivity index (χ1) is 15.6. The largest absolute Gasteiger partial charge is 0.497 e. The van der Waals surface area contributed by atoms with Gasteiger partial charge in [0.2, 0.25) is 0 Å². The third kappa shape index (κ3) is 3.62. The predicted octanol–water partition coefficient (Wildman–Crippen LogP) is 3.51. The molecule has 3 N–H and O–H groups in total. The molecule has 0 saturated carbocycles. The number of nitrogens with two attached hydrogens (primary N) is 1. The second-order valence-corrected chi connectivity index (χ2v) is 7.90. The first-order valence-corrected chi connectivity index (χ1v) is 10.7. The number of aromatic amines is 1. The van der Waals surface area contributed by atoms with E-state index in [0.717, 1.165) is 54.3 Å². The molecule has 1 aliphatic rings. The van der Waals surface area contributed by atoms with Crippen LogP contribution in [0.2, 0.25) is 0 Å². The molecule has 1 aromatic heterocycles. The van der Waals surface area contributed by atoms with Gasteiger partial charge in [-0.15, -0.1) is 0 Å². The number of hydrogen-bond acceptors (Lipinski definition) is 6. The number of methoxy groups -OCH3 is 1. The second-order valence-electron chi connectivity index (χ2n) is 7.90. The standard InChI is InChI=1S/C25H25N5O2/c1-32-19-6-4-5-18(16-19)29-11-13-30(14-12-29)23-10-9-17(15-22(23)26)24-20-7-2-3-8-21(20)25(31)28-27-24/h2-10,15-16H,11-14,26H2,1H3,(H,28,31). The topological polar surface area (TPSA) is 87.5 Å². The molecule has 7 heteroatoms. The van der Waals surface area contributed by atoms with Crippen molar-refractivity contribution in [3.05, 3.63) is 77.1 Å². The average molecular weight is 428 g/mol. The maximum Gasteiger partial charge on any atom is 0.272 e. The fraction of sp³-hybridized carbons (Fsp3) is 0.200. The fourth-order valence-corrected chi connectivity index (χ4v) is 4.34. The van der Waals surface area contributed by atoms with Gasteiger partial charge in [-0.05, 0) is 30.3 Å². The van der Waals surface area contributed by atoms with Gasteiger partial charge in [0.25, 0.3) is 5.56 Å². The van der Waals surface area contributed by atoms with Gasteiger partial charge in [-0.25, -0.2) is 5.10 Å². The molecule has 5 rings (SSSR count). The van der Waals surface area contributed by atoms with E-state index in [2.05, 4.69) is 32.1 Å². The van der Waals surface area contributed by atoms with Crippen molar-refractivity contribution < 1.29 is 4.74 Å². The van der Waals surface area contributed by atoms with Crippen LogP contribution in [0, 0.1) is 0 Å². The molecule has 0 unspecified atom stereocenters. The van der Waals surface area contributed by atoms with Crippen molar-refractivity contribution in [2.75, 3.05) is 48.8 Å². The molecule has 7 nitrogen and oxygen atoms in total. The molecular weight excluding hydrogens is 402 g/mol. The van der Waals surface area contributed by atoms with E-state index in [-0.39, 0.29) is 5.56 Å². The van der Waals surface area contributed by atoms with Crippen LogP contribution in [0.25, 0.3) is 22.0 Å². The monoisotopic (exact) mass is 427 g/mol. The lowest BCUT2D eigenvalue weighted by Gasteiger charge is -2.38. The lowest BCUT2D eigenvalue weighted by atomic mass is 10.0. The molecule has 1 saturated heterocycles. The molecule has 4 aromatic rings. The molecule has 32 heavy (non-hydrogen) atoms. The Labute approximate surface area is 186 Å². The summed E-state index contributed by atoms with van der Waals surface area (Å²) in [5, 5.41) is 8.32. The third-order valence-corrected chi connectivity index (χ3v) is 6.04. The minimum Gasteiger partial charge on any atom is -0.497 e. The molecular formula is C25H25N5O2. The Morgan fingerprint density at radius 2 is 1.66 bits per heavy atom. The van der Waals surface area contributed by atoms with Crippen molar-refractivity contribution in [2.24, 2.45) is 0 Å². The number of anilines is 3. The van der Waals surface area contributed by atoms with Crippen LogP contribution in [-0.4, -0.2) is 43.5 Å². The van der Waals surface area contributed by atoms with Crippen LogP contribution in [0.1, 0.15) is 0 Å². The maximum absolute atomic E-state index is 12.1. The summed E-state index contributed by atoms with van der Waals surface area (Å²) in [7, 11) is 1.69. The van der Waals surface area contributed by atoms with Gasteiger partial charge in [0.05, 0.1) is 29.6 Å². The maximum atomic E-state index is 12.1. The minimum absolute atomic E-state index is 0.192. The molecule has 0 atom stereocenters. The lowest BCUT2D eigenvalue weighted by Crippen LogP contribution is -2.46. The molecule has 0 aliphatic carbocycles. The number of nitrogen functional groups attached to an aromatic ring is 1. The van der Waals surface area contributed by atoms with Gasteiger partial charge in [-0.2, -0.15) is 5.10 Å². The summed E-state index contributed by atoms with van der Waals surface area (Å²) < 4.78 is 5.35. The highest BCUT2D eigenvalue weighted by molar-refractivity contribution is 5.94. The number of benzene rings is 3. The van der Waals surface area contributed by atoms with Gasteiger partial charge in [-0.1, -0.05) is 30.3 Å². The summed E-state index contributed by atoms with van der Waals surface area (Å²) >= 11 is 0. The minimum atomic E-state index is -0.192. The van der Waals surface area contributed by atoms with Crippen LogP contribution in [0.3, 0.4) is 0 Å². The van der Waals surface area contributed by atoms with Gasteiger partial charge < -0.3 is 20.3 Å². The normalized spacial score (nSPS) is 14.0. The molecule has 1 aliphatic heterocycles. The lowest BCUT2D eigenvalue weighted by molar-refractivity contribution is 0.414. The van der Waals surface area contributed by atoms with E-state index in [9.17, 15) is 4.79 Å². The number of piperazine rings is 1. The Morgan fingerprint density at radius 3 is 2.41 bits per heavy atom. The van der Waals surface area contributed by atoms with Gasteiger partial charge in [0.1, 0.15) is 5.75 Å². The molecule has 2 heterocycles. The van der Waals surface area contributed by atoms with Crippen molar-refractivity contribution in [2.45, 2.75) is 0 Å². The Bertz CT molecular complexity index is 1330. The first-order valence-electron chi connectivity index (χ1n) is 10.7. The number of aromatic nitrogens is 2. The molecule has 0 spiro atoms. The highest BCUT2D eigenvalue weighted by atomic mass is 16.5. The number of fused-ring (bicyclic) bond motifs is 1. The Hall–Kier alpha value is -4.00. The van der Waals surface area contributed by atoms with E-state index >= 15 is 0 Å². The van der Waals surface area contributed by atoms with Crippen molar-refractivity contribution in [3.63, 3.8) is 0 Å². The third-order valence-electron chi connectivity index (χ3n) is 6.04. The zero-order chi connectivity index (χ0) is 22.1. The van der Waals surface area contributed by atoms with Crippen LogP contribution in [-0.2, 0) is 0 Å². The summed E-state index contributed by atoms with van der Waals surface area (Å²) in [6.45, 7) is 3.56. The number of nitrogens with one attached hydrogen (secondary N) is 1. The van der Waals surface area contributed by atoms with Crippen LogP contribution in [0.15, 0.2) is 71.5 Å².